The topological polar surface area (TPSA) is 80.3 Å². The van der Waals surface area contributed by atoms with Gasteiger partial charge < -0.3 is 19.8 Å². The molecule has 0 aromatic rings. The maximum absolute atomic E-state index is 8.89. The van der Waals surface area contributed by atoms with E-state index in [0.29, 0.717) is 0 Å². The van der Waals surface area contributed by atoms with Crippen molar-refractivity contribution in [1.82, 2.24) is 0 Å². The van der Waals surface area contributed by atoms with Crippen LogP contribution in [0.25, 0.3) is 0 Å². The molecular weight excluding hydrogens is 224 g/mol. The fraction of sp³-hybridized carbons (Fsp3) is 0.500. The number of carboxylic acids is 2. The van der Waals surface area contributed by atoms with Crippen LogP contribution in [0.4, 0.5) is 0 Å². The first kappa shape index (κ1) is 15.9. The summed E-state index contributed by atoms with van der Waals surface area (Å²) in [4.78, 5) is 17.8. The van der Waals surface area contributed by atoms with Crippen LogP contribution in [0.15, 0.2) is 0 Å². The summed E-state index contributed by atoms with van der Waals surface area (Å²) in [6, 6.07) is 0. The van der Waals surface area contributed by atoms with Gasteiger partial charge in [-0.25, -0.2) is 0 Å². The van der Waals surface area contributed by atoms with Crippen molar-refractivity contribution in [3.05, 3.63) is 0 Å². The average Bonchev–Trinajstić information content (AvgIpc) is 1.25. The molecule has 0 aliphatic carbocycles. The number of carbonyl (C=O) groups is 2. The number of carbonyl (C=O) groups excluding carboxylic acids is 2. The summed E-state index contributed by atoms with van der Waals surface area (Å²) < 4.78 is 0. The smallest absolute Gasteiger partial charge is 0.550 e. The van der Waals surface area contributed by atoms with Crippen molar-refractivity contribution >= 4 is 11.9 Å². The zero-order valence-electron chi connectivity index (χ0n) is 5.34. The van der Waals surface area contributed by atoms with Gasteiger partial charge in [0.15, 0.2) is 0 Å². The molecule has 5 heteroatoms. The molecule has 0 saturated carbocycles. The summed E-state index contributed by atoms with van der Waals surface area (Å²) in [5, 5.41) is 17.8. The number of rotatable bonds is 0. The molecule has 0 rings (SSSR count). The first-order valence-electron chi connectivity index (χ1n) is 1.82. The summed E-state index contributed by atoms with van der Waals surface area (Å²) in [7, 11) is 0. The van der Waals surface area contributed by atoms with Crippen LogP contribution in [-0.2, 0) is 36.9 Å². The van der Waals surface area contributed by atoms with E-state index < -0.39 is 11.9 Å². The molecule has 0 aromatic heterocycles. The van der Waals surface area contributed by atoms with Gasteiger partial charge in [-0.2, -0.15) is 0 Å². The van der Waals surface area contributed by atoms with E-state index in [9.17, 15) is 0 Å². The summed E-state index contributed by atoms with van der Waals surface area (Å²) in [6.07, 6.45) is 0. The second-order valence-corrected chi connectivity index (χ2v) is 0.983. The molecule has 0 spiro atoms. The van der Waals surface area contributed by atoms with Gasteiger partial charge in [0.25, 0.3) is 0 Å². The fourth-order valence-electron chi connectivity index (χ4n) is 0. The zero-order chi connectivity index (χ0) is 7.15. The fourth-order valence-corrected chi connectivity index (χ4v) is 0. The van der Waals surface area contributed by atoms with Gasteiger partial charge in [0, 0.05) is 11.9 Å². The number of hydrogen-bond acceptors (Lipinski definition) is 4. The van der Waals surface area contributed by atoms with Crippen LogP contribution in [0.5, 0.6) is 0 Å². The molecule has 0 atom stereocenters. The van der Waals surface area contributed by atoms with Gasteiger partial charge in [-0.05, 0) is 13.8 Å². The van der Waals surface area contributed by atoms with Gasteiger partial charge in [-0.15, -0.1) is 0 Å². The largest absolute Gasteiger partial charge is 2.00 e. The molecule has 0 saturated heterocycles. The van der Waals surface area contributed by atoms with Crippen LogP contribution >= 0.6 is 0 Å². The monoisotopic (exact) mass is 232 g/mol. The van der Waals surface area contributed by atoms with Gasteiger partial charge in [-0.1, -0.05) is 0 Å². The molecule has 4 nitrogen and oxygen atoms in total. The van der Waals surface area contributed by atoms with Crippen LogP contribution in [0.1, 0.15) is 13.8 Å². The molecule has 0 amide bonds. The Kier molecular flexibility index (Phi) is 19.1. The van der Waals surface area contributed by atoms with Crippen LogP contribution < -0.4 is 10.2 Å². The predicted molar refractivity (Wildman–Crippen MR) is 21.4 cm³/mol. The van der Waals surface area contributed by atoms with E-state index in [1.807, 2.05) is 0 Å². The minimum Gasteiger partial charge on any atom is -0.550 e. The summed E-state index contributed by atoms with van der Waals surface area (Å²) >= 11 is 0. The maximum Gasteiger partial charge on any atom is 2.00 e. The van der Waals surface area contributed by atoms with Gasteiger partial charge in [0.05, 0.1) is 0 Å². The van der Waals surface area contributed by atoms with Crippen molar-refractivity contribution in [2.45, 2.75) is 13.8 Å². The molecule has 0 aliphatic heterocycles. The molecule has 0 radical (unpaired) electrons. The van der Waals surface area contributed by atoms with Gasteiger partial charge in [-0.3, -0.25) is 0 Å². The molecule has 0 fully saturated rings. The van der Waals surface area contributed by atoms with E-state index in [1.54, 1.807) is 0 Å². The second kappa shape index (κ2) is 10.8. The van der Waals surface area contributed by atoms with Gasteiger partial charge in [0.1, 0.15) is 0 Å². The normalized spacial score (nSPS) is 5.56. The molecule has 48 valence electrons. The molecule has 0 unspecified atom stereocenters. The van der Waals surface area contributed by atoms with E-state index in [0.717, 1.165) is 13.8 Å². The minimum atomic E-state index is -1.08. The SMILES string of the molecule is CC(=O)[O-].CC(=O)[O-].[Cd+2]. The van der Waals surface area contributed by atoms with Crippen molar-refractivity contribution in [2.24, 2.45) is 0 Å². The van der Waals surface area contributed by atoms with Crippen molar-refractivity contribution in [3.63, 3.8) is 0 Å². The van der Waals surface area contributed by atoms with E-state index in [2.05, 4.69) is 0 Å². The van der Waals surface area contributed by atoms with E-state index in [4.69, 9.17) is 19.8 Å². The Hall–Kier alpha value is -0.138. The number of hydrogen-bond donors (Lipinski definition) is 0. The quantitative estimate of drug-likeness (QED) is 0.431. The Balaban J connectivity index is -0.0000000720. The number of carboxylic acid groups (broad SMARTS) is 2. The summed E-state index contributed by atoms with van der Waals surface area (Å²) in [6.45, 7) is 1.94. The Bertz CT molecular complexity index is 70.6. The third-order valence-corrected chi connectivity index (χ3v) is 0. The average molecular weight is 230 g/mol. The predicted octanol–water partition coefficient (Wildman–Crippen LogP) is -2.49. The van der Waals surface area contributed by atoms with Crippen LogP contribution in [0, 0.1) is 0 Å². The van der Waals surface area contributed by atoms with E-state index >= 15 is 0 Å². The molecule has 0 aromatic carbocycles. The standard InChI is InChI=1S/2C2H4O2.Cd/c2*1-2(3)4;/h2*1H3,(H,3,4);/q;;+2/p-2. The zero-order valence-corrected chi connectivity index (χ0v) is 9.38. The molecule has 0 N–H and O–H groups in total. The summed E-state index contributed by atoms with van der Waals surface area (Å²) in [5.41, 5.74) is 0. The Morgan fingerprint density at radius 1 is 1.00 bits per heavy atom. The Morgan fingerprint density at radius 2 is 1.00 bits per heavy atom. The summed E-state index contributed by atoms with van der Waals surface area (Å²) in [5.74, 6) is -2.17. The maximum atomic E-state index is 8.89. The van der Waals surface area contributed by atoms with Crippen molar-refractivity contribution in [1.29, 1.82) is 0 Å². The van der Waals surface area contributed by atoms with Crippen LogP contribution in [0.2, 0.25) is 0 Å². The third kappa shape index (κ3) is 14200. The second-order valence-electron chi connectivity index (χ2n) is 0.983. The van der Waals surface area contributed by atoms with E-state index in [1.165, 1.54) is 0 Å². The molecule has 0 aliphatic rings. The molecule has 9 heavy (non-hydrogen) atoms. The molecule has 0 bridgehead atoms. The third-order valence-electron chi connectivity index (χ3n) is 0. The Labute approximate surface area is 73.0 Å². The minimum absolute atomic E-state index is 0. The van der Waals surface area contributed by atoms with Crippen molar-refractivity contribution in [2.75, 3.05) is 0 Å². The van der Waals surface area contributed by atoms with Gasteiger partial charge in [0.2, 0.25) is 0 Å². The number of aliphatic carboxylic acids is 2. The van der Waals surface area contributed by atoms with Crippen LogP contribution in [-0.4, -0.2) is 11.9 Å². The van der Waals surface area contributed by atoms with Crippen molar-refractivity contribution in [3.8, 4) is 0 Å². The molecule has 0 heterocycles. The van der Waals surface area contributed by atoms with E-state index in [-0.39, 0.29) is 27.3 Å². The van der Waals surface area contributed by atoms with Crippen molar-refractivity contribution < 1.29 is 47.1 Å². The van der Waals surface area contributed by atoms with Gasteiger partial charge >= 0.3 is 27.3 Å². The molecular formula is C4H6CdO4. The first-order chi connectivity index (χ1) is 3.46. The first-order valence-corrected chi connectivity index (χ1v) is 1.82. The Morgan fingerprint density at radius 3 is 1.00 bits per heavy atom. The van der Waals surface area contributed by atoms with Crippen LogP contribution in [0.3, 0.4) is 0 Å².